The predicted octanol–water partition coefficient (Wildman–Crippen LogP) is 6.54. The minimum absolute atomic E-state index is 0.170. The van der Waals surface area contributed by atoms with E-state index in [-0.39, 0.29) is 11.4 Å². The summed E-state index contributed by atoms with van der Waals surface area (Å²) in [6.07, 6.45) is 17.7. The van der Waals surface area contributed by atoms with E-state index in [1.54, 1.807) is 12.2 Å². The van der Waals surface area contributed by atoms with Crippen LogP contribution < -0.4 is 0 Å². The van der Waals surface area contributed by atoms with Gasteiger partial charge in [0.25, 0.3) is 0 Å². The molecule has 0 radical (unpaired) electrons. The van der Waals surface area contributed by atoms with Gasteiger partial charge in [0, 0.05) is 6.42 Å². The third-order valence-corrected chi connectivity index (χ3v) is 6.23. The number of fused-ring (bicyclic) bond motifs is 1. The molecule has 0 aromatic heterocycles. The number of phosphoric ester groups is 1. The average Bonchev–Trinajstić information content (AvgIpc) is 2.80. The minimum Gasteiger partial charge on any atom is -0.487 e. The molecule has 1 fully saturated rings. The van der Waals surface area contributed by atoms with Crippen molar-refractivity contribution in [2.75, 3.05) is 0 Å². The second-order valence-corrected chi connectivity index (χ2v) is 9.74. The van der Waals surface area contributed by atoms with Gasteiger partial charge in [-0.25, -0.2) is 4.57 Å². The summed E-state index contributed by atoms with van der Waals surface area (Å²) in [5, 5.41) is 0. The second-order valence-electron chi connectivity index (χ2n) is 8.58. The lowest BCUT2D eigenvalue weighted by molar-refractivity contribution is -0.0101. The van der Waals surface area contributed by atoms with E-state index >= 15 is 0 Å². The molecular weight excluding hydrogens is 375 g/mol. The molecule has 2 atom stereocenters. The molecular formula is C22H37O5P. The molecule has 0 spiro atoms. The molecule has 2 unspecified atom stereocenters. The number of unbranched alkanes of at least 4 members (excludes halogenated alkanes) is 3. The quantitative estimate of drug-likeness (QED) is 0.298. The van der Waals surface area contributed by atoms with E-state index in [2.05, 4.69) is 20.8 Å². The van der Waals surface area contributed by atoms with Crippen LogP contribution >= 0.6 is 7.82 Å². The smallest absolute Gasteiger partial charge is 0.487 e. The maximum atomic E-state index is 11.1. The van der Waals surface area contributed by atoms with Crippen molar-refractivity contribution in [1.82, 2.24) is 0 Å². The number of phosphoric acid groups is 1. The van der Waals surface area contributed by atoms with E-state index in [1.165, 1.54) is 44.9 Å². The van der Waals surface area contributed by atoms with Crippen molar-refractivity contribution in [3.63, 3.8) is 0 Å². The highest BCUT2D eigenvalue weighted by Gasteiger charge is 2.33. The number of hydrogen-bond donors (Lipinski definition) is 2. The van der Waals surface area contributed by atoms with E-state index in [9.17, 15) is 4.57 Å². The molecule has 1 saturated heterocycles. The number of rotatable bonds is 11. The summed E-state index contributed by atoms with van der Waals surface area (Å²) < 4.78 is 22.1. The first-order valence-corrected chi connectivity index (χ1v) is 12.3. The molecule has 0 aromatic rings. The van der Waals surface area contributed by atoms with Gasteiger partial charge >= 0.3 is 7.82 Å². The zero-order chi connectivity index (χ0) is 20.6. The molecule has 28 heavy (non-hydrogen) atoms. The van der Waals surface area contributed by atoms with Crippen LogP contribution in [-0.2, 0) is 13.8 Å². The Hall–Kier alpha value is -1.03. The topological polar surface area (TPSA) is 76.0 Å². The third kappa shape index (κ3) is 8.14. The van der Waals surface area contributed by atoms with Crippen molar-refractivity contribution in [1.29, 1.82) is 0 Å². The molecule has 5 nitrogen and oxygen atoms in total. The average molecular weight is 413 g/mol. The van der Waals surface area contributed by atoms with Crippen molar-refractivity contribution < 1.29 is 23.6 Å². The first kappa shape index (κ1) is 23.3. The van der Waals surface area contributed by atoms with Crippen LogP contribution in [0.2, 0.25) is 0 Å². The molecule has 0 saturated carbocycles. The highest BCUT2D eigenvalue weighted by Crippen LogP contribution is 2.43. The Labute approximate surface area is 170 Å². The van der Waals surface area contributed by atoms with E-state index in [1.807, 2.05) is 6.08 Å². The molecule has 0 aromatic carbocycles. The molecule has 160 valence electrons. The van der Waals surface area contributed by atoms with E-state index < -0.39 is 7.82 Å². The third-order valence-electron chi connectivity index (χ3n) is 5.76. The zero-order valence-corrected chi connectivity index (χ0v) is 18.5. The molecule has 1 heterocycles. The minimum atomic E-state index is -4.52. The fourth-order valence-electron chi connectivity index (χ4n) is 3.98. The number of hydrogen-bond acceptors (Lipinski definition) is 3. The Morgan fingerprint density at radius 2 is 1.93 bits per heavy atom. The Morgan fingerprint density at radius 3 is 2.61 bits per heavy atom. The Balaban J connectivity index is 1.82. The maximum Gasteiger partial charge on any atom is 0.524 e. The molecule has 6 heteroatoms. The van der Waals surface area contributed by atoms with Gasteiger partial charge in [0.15, 0.2) is 0 Å². The van der Waals surface area contributed by atoms with Crippen LogP contribution in [0.25, 0.3) is 0 Å². The highest BCUT2D eigenvalue weighted by molar-refractivity contribution is 7.46. The monoisotopic (exact) mass is 412 g/mol. The van der Waals surface area contributed by atoms with Crippen molar-refractivity contribution in [2.45, 2.75) is 97.0 Å². The van der Waals surface area contributed by atoms with E-state index in [4.69, 9.17) is 19.0 Å². The summed E-state index contributed by atoms with van der Waals surface area (Å²) in [6.45, 7) is 6.80. The SMILES string of the molecule is CCCCCC(C)CCCCC1(C)CCC2=CCC(OP(=O)(O)O)=CC=C2O1. The van der Waals surface area contributed by atoms with Crippen LogP contribution in [0.1, 0.15) is 91.4 Å². The second kappa shape index (κ2) is 10.7. The van der Waals surface area contributed by atoms with Gasteiger partial charge in [-0.1, -0.05) is 58.4 Å². The summed E-state index contributed by atoms with van der Waals surface area (Å²) >= 11 is 0. The van der Waals surface area contributed by atoms with E-state index in [0.29, 0.717) is 6.42 Å². The molecule has 2 N–H and O–H groups in total. The van der Waals surface area contributed by atoms with Gasteiger partial charge in [-0.15, -0.1) is 0 Å². The van der Waals surface area contributed by atoms with Gasteiger partial charge in [-0.2, -0.15) is 0 Å². The van der Waals surface area contributed by atoms with Crippen LogP contribution in [0.4, 0.5) is 0 Å². The molecule has 0 bridgehead atoms. The first-order valence-electron chi connectivity index (χ1n) is 10.8. The Kier molecular flexibility index (Phi) is 8.85. The molecule has 1 aliphatic carbocycles. The van der Waals surface area contributed by atoms with Gasteiger partial charge in [-0.05, 0) is 56.3 Å². The molecule has 1 aliphatic heterocycles. The van der Waals surface area contributed by atoms with Crippen LogP contribution in [0.5, 0.6) is 0 Å². The van der Waals surface area contributed by atoms with Crippen LogP contribution in [0, 0.1) is 5.92 Å². The summed E-state index contributed by atoms with van der Waals surface area (Å²) in [5.74, 6) is 1.89. The standard InChI is InChI=1S/C22H37O5P/c1-4-5-6-9-18(2)10-7-8-16-22(3)17-15-19-11-12-20(27-28(23,24)25)13-14-21(19)26-22/h11,13-14,18H,4-10,12,15-17H2,1-3H3,(H2,23,24,25). The van der Waals surface area contributed by atoms with Crippen molar-refractivity contribution in [2.24, 2.45) is 5.92 Å². The number of allylic oxidation sites excluding steroid dienone is 4. The van der Waals surface area contributed by atoms with Crippen molar-refractivity contribution >= 4 is 7.82 Å². The van der Waals surface area contributed by atoms with Crippen LogP contribution in [0.3, 0.4) is 0 Å². The lowest BCUT2D eigenvalue weighted by Gasteiger charge is -2.37. The Bertz CT molecular complexity index is 645. The van der Waals surface area contributed by atoms with Crippen LogP contribution in [-0.4, -0.2) is 15.4 Å². The Morgan fingerprint density at radius 1 is 1.21 bits per heavy atom. The van der Waals surface area contributed by atoms with Gasteiger partial charge in [0.2, 0.25) is 0 Å². The van der Waals surface area contributed by atoms with Gasteiger partial charge in [-0.3, -0.25) is 9.79 Å². The molecule has 2 aliphatic rings. The first-order chi connectivity index (χ1) is 13.2. The predicted molar refractivity (Wildman–Crippen MR) is 112 cm³/mol. The van der Waals surface area contributed by atoms with Crippen molar-refractivity contribution in [3.05, 3.63) is 35.3 Å². The zero-order valence-electron chi connectivity index (χ0n) is 17.7. The van der Waals surface area contributed by atoms with Gasteiger partial charge < -0.3 is 9.26 Å². The normalized spacial score (nSPS) is 23.5. The molecule has 2 rings (SSSR count). The maximum absolute atomic E-state index is 11.1. The van der Waals surface area contributed by atoms with Crippen molar-refractivity contribution in [3.8, 4) is 0 Å². The van der Waals surface area contributed by atoms with Crippen LogP contribution in [0.15, 0.2) is 35.3 Å². The van der Waals surface area contributed by atoms with Gasteiger partial charge in [0.05, 0.1) is 0 Å². The lowest BCUT2D eigenvalue weighted by atomic mass is 9.86. The summed E-state index contributed by atoms with van der Waals surface area (Å²) in [6, 6.07) is 0. The van der Waals surface area contributed by atoms with E-state index in [0.717, 1.165) is 36.5 Å². The number of ether oxygens (including phenoxy) is 1. The van der Waals surface area contributed by atoms with Gasteiger partial charge in [0.1, 0.15) is 17.1 Å². The fourth-order valence-corrected chi connectivity index (χ4v) is 4.42. The summed E-state index contributed by atoms with van der Waals surface area (Å²) in [7, 11) is -4.52. The largest absolute Gasteiger partial charge is 0.524 e. The fraction of sp³-hybridized carbons (Fsp3) is 0.727. The molecule has 0 amide bonds. The highest BCUT2D eigenvalue weighted by atomic mass is 31.2. The summed E-state index contributed by atoms with van der Waals surface area (Å²) in [5.41, 5.74) is 0.930. The summed E-state index contributed by atoms with van der Waals surface area (Å²) in [4.78, 5) is 18.0. The lowest BCUT2D eigenvalue weighted by Crippen LogP contribution is -2.32.